The Morgan fingerprint density at radius 1 is 1.21 bits per heavy atom. The van der Waals surface area contributed by atoms with Crippen LogP contribution >= 0.6 is 11.8 Å². The summed E-state index contributed by atoms with van der Waals surface area (Å²) in [5.41, 5.74) is 3.22. The zero-order chi connectivity index (χ0) is 17.7. The molecular weight excluding hydrogens is 326 g/mol. The summed E-state index contributed by atoms with van der Waals surface area (Å²) in [6.45, 7) is 4.23. The molecule has 0 saturated heterocycles. The van der Waals surface area contributed by atoms with Gasteiger partial charge in [0.25, 0.3) is 0 Å². The van der Waals surface area contributed by atoms with Crippen molar-refractivity contribution in [3.8, 4) is 11.5 Å². The minimum atomic E-state index is -0.476. The number of thioether (sulfide) groups is 1. The quantitative estimate of drug-likeness (QED) is 0.634. The van der Waals surface area contributed by atoms with E-state index in [0.717, 1.165) is 28.6 Å². The zero-order valence-electron chi connectivity index (χ0n) is 14.2. The Balaban J connectivity index is 2.27. The van der Waals surface area contributed by atoms with Gasteiger partial charge < -0.3 is 9.47 Å². The summed E-state index contributed by atoms with van der Waals surface area (Å²) < 4.78 is 11.0. The van der Waals surface area contributed by atoms with Crippen molar-refractivity contribution >= 4 is 22.7 Å². The highest BCUT2D eigenvalue weighted by Gasteiger charge is 2.17. The van der Waals surface area contributed by atoms with Crippen LogP contribution in [0.25, 0.3) is 0 Å². The fourth-order valence-corrected chi connectivity index (χ4v) is 2.56. The van der Waals surface area contributed by atoms with Gasteiger partial charge in [0.05, 0.1) is 12.8 Å². The first kappa shape index (κ1) is 18.2. The predicted molar refractivity (Wildman–Crippen MR) is 96.4 cm³/mol. The van der Waals surface area contributed by atoms with E-state index in [1.165, 1.54) is 7.11 Å². The molecule has 2 aromatic carbocycles. The van der Waals surface area contributed by atoms with Crippen LogP contribution in [0.5, 0.6) is 11.5 Å². The molecule has 2 rings (SSSR count). The van der Waals surface area contributed by atoms with E-state index >= 15 is 0 Å². The van der Waals surface area contributed by atoms with Crippen LogP contribution in [0, 0.1) is 13.8 Å². The Kier molecular flexibility index (Phi) is 6.11. The van der Waals surface area contributed by atoms with Crippen LogP contribution < -0.4 is 14.5 Å². The standard InChI is InChI=1S/C18H21NO4S/c1-12-5-8-17(13(2)9-12)23-11-14-6-7-15(22-3)10-16(14)19(21)18(20)24-4/h5-10,21H,11H2,1-4H3. The lowest BCUT2D eigenvalue weighted by Gasteiger charge is -2.19. The van der Waals surface area contributed by atoms with E-state index in [2.05, 4.69) is 0 Å². The van der Waals surface area contributed by atoms with Gasteiger partial charge in [0.2, 0.25) is 0 Å². The number of rotatable bonds is 5. The summed E-state index contributed by atoms with van der Waals surface area (Å²) in [5, 5.41) is 10.3. The highest BCUT2D eigenvalue weighted by Crippen LogP contribution is 2.29. The highest BCUT2D eigenvalue weighted by molar-refractivity contribution is 8.13. The highest BCUT2D eigenvalue weighted by atomic mass is 32.2. The maximum absolute atomic E-state index is 11.8. The molecule has 0 unspecified atom stereocenters. The van der Waals surface area contributed by atoms with Crippen molar-refractivity contribution in [2.24, 2.45) is 0 Å². The third-order valence-electron chi connectivity index (χ3n) is 3.58. The van der Waals surface area contributed by atoms with E-state index in [0.29, 0.717) is 22.1 Å². The van der Waals surface area contributed by atoms with Crippen molar-refractivity contribution in [2.45, 2.75) is 20.5 Å². The molecule has 0 bridgehead atoms. The van der Waals surface area contributed by atoms with Crippen LogP contribution in [-0.2, 0) is 6.61 Å². The SMILES string of the molecule is COc1ccc(COc2ccc(C)cc2C)c(N(O)C(=O)SC)c1. The van der Waals surface area contributed by atoms with Gasteiger partial charge in [-0.15, -0.1) is 0 Å². The maximum Gasteiger partial charge on any atom is 0.309 e. The number of nitrogens with zero attached hydrogens (tertiary/aromatic N) is 1. The van der Waals surface area contributed by atoms with E-state index in [9.17, 15) is 10.0 Å². The molecule has 0 fully saturated rings. The second kappa shape index (κ2) is 8.08. The summed E-state index contributed by atoms with van der Waals surface area (Å²) in [4.78, 5) is 11.8. The third kappa shape index (κ3) is 4.21. The molecule has 0 spiro atoms. The number of aryl methyl sites for hydroxylation is 2. The molecule has 0 aromatic heterocycles. The molecule has 5 nitrogen and oxygen atoms in total. The Bertz CT molecular complexity index is 733. The van der Waals surface area contributed by atoms with Crippen molar-refractivity contribution in [1.29, 1.82) is 0 Å². The Labute approximate surface area is 146 Å². The van der Waals surface area contributed by atoms with E-state index < -0.39 is 5.24 Å². The third-order valence-corrected chi connectivity index (χ3v) is 4.10. The lowest BCUT2D eigenvalue weighted by Crippen LogP contribution is -2.24. The lowest BCUT2D eigenvalue weighted by atomic mass is 10.1. The van der Waals surface area contributed by atoms with Crippen LogP contribution in [-0.4, -0.2) is 23.8 Å². The number of hydroxylamine groups is 1. The molecule has 24 heavy (non-hydrogen) atoms. The van der Waals surface area contributed by atoms with E-state index in [-0.39, 0.29) is 6.61 Å². The predicted octanol–water partition coefficient (Wildman–Crippen LogP) is 4.57. The Morgan fingerprint density at radius 2 is 1.96 bits per heavy atom. The second-order valence-corrected chi connectivity index (χ2v) is 6.09. The average molecular weight is 347 g/mol. The minimum absolute atomic E-state index is 0.224. The number of hydrogen-bond donors (Lipinski definition) is 1. The van der Waals surface area contributed by atoms with Crippen LogP contribution in [0.4, 0.5) is 10.5 Å². The number of benzene rings is 2. The molecule has 0 saturated carbocycles. The molecule has 128 valence electrons. The molecule has 0 aliphatic heterocycles. The largest absolute Gasteiger partial charge is 0.497 e. The molecule has 0 atom stereocenters. The van der Waals surface area contributed by atoms with Crippen molar-refractivity contribution < 1.29 is 19.5 Å². The summed E-state index contributed by atoms with van der Waals surface area (Å²) >= 11 is 0.924. The first-order valence-corrected chi connectivity index (χ1v) is 8.62. The molecular formula is C18H21NO4S. The molecule has 0 aliphatic rings. The number of anilines is 1. The Morgan fingerprint density at radius 3 is 2.58 bits per heavy atom. The van der Waals surface area contributed by atoms with Crippen LogP contribution in [0.15, 0.2) is 36.4 Å². The normalized spacial score (nSPS) is 10.4. The fraction of sp³-hybridized carbons (Fsp3) is 0.278. The fourth-order valence-electron chi connectivity index (χ4n) is 2.29. The number of carbonyl (C=O) groups is 1. The molecule has 1 amide bonds. The topological polar surface area (TPSA) is 59.0 Å². The first-order chi connectivity index (χ1) is 11.5. The Hall–Kier alpha value is -2.18. The first-order valence-electron chi connectivity index (χ1n) is 7.40. The molecule has 1 N–H and O–H groups in total. The van der Waals surface area contributed by atoms with Crippen LogP contribution in [0.3, 0.4) is 0 Å². The van der Waals surface area contributed by atoms with Gasteiger partial charge >= 0.3 is 5.24 Å². The number of amides is 1. The van der Waals surface area contributed by atoms with E-state index in [1.54, 1.807) is 24.5 Å². The van der Waals surface area contributed by atoms with Gasteiger partial charge in [-0.3, -0.25) is 10.0 Å². The number of hydrogen-bond acceptors (Lipinski definition) is 5. The smallest absolute Gasteiger partial charge is 0.309 e. The summed E-state index contributed by atoms with van der Waals surface area (Å²) in [7, 11) is 1.53. The summed E-state index contributed by atoms with van der Waals surface area (Å²) in [5.74, 6) is 1.32. The molecule has 6 heteroatoms. The number of ether oxygens (including phenoxy) is 2. The lowest BCUT2D eigenvalue weighted by molar-refractivity contribution is 0.223. The van der Waals surface area contributed by atoms with Gasteiger partial charge in [0, 0.05) is 11.6 Å². The number of methoxy groups -OCH3 is 1. The zero-order valence-corrected chi connectivity index (χ0v) is 15.0. The van der Waals surface area contributed by atoms with Crippen molar-refractivity contribution in [3.63, 3.8) is 0 Å². The maximum atomic E-state index is 11.8. The van der Waals surface area contributed by atoms with Gasteiger partial charge in [-0.25, -0.2) is 0 Å². The van der Waals surface area contributed by atoms with E-state index in [1.807, 2.05) is 32.0 Å². The summed E-state index contributed by atoms with van der Waals surface area (Å²) in [6.07, 6.45) is 1.61. The van der Waals surface area contributed by atoms with Gasteiger partial charge in [-0.05, 0) is 43.9 Å². The van der Waals surface area contributed by atoms with Crippen LogP contribution in [0.2, 0.25) is 0 Å². The number of carbonyl (C=O) groups excluding carboxylic acids is 1. The van der Waals surface area contributed by atoms with Crippen LogP contribution in [0.1, 0.15) is 16.7 Å². The van der Waals surface area contributed by atoms with Crippen molar-refractivity contribution in [1.82, 2.24) is 0 Å². The van der Waals surface area contributed by atoms with Gasteiger partial charge in [-0.1, -0.05) is 29.5 Å². The van der Waals surface area contributed by atoms with Gasteiger partial charge in [0.15, 0.2) is 0 Å². The average Bonchev–Trinajstić information content (AvgIpc) is 2.59. The molecule has 0 radical (unpaired) electrons. The molecule has 2 aromatic rings. The van der Waals surface area contributed by atoms with Gasteiger partial charge in [0.1, 0.15) is 18.1 Å². The van der Waals surface area contributed by atoms with E-state index in [4.69, 9.17) is 9.47 Å². The van der Waals surface area contributed by atoms with Crippen molar-refractivity contribution in [3.05, 3.63) is 53.1 Å². The molecule has 0 heterocycles. The van der Waals surface area contributed by atoms with Gasteiger partial charge in [-0.2, -0.15) is 5.06 Å². The monoisotopic (exact) mass is 347 g/mol. The molecule has 0 aliphatic carbocycles. The van der Waals surface area contributed by atoms with Crippen molar-refractivity contribution in [2.75, 3.05) is 18.4 Å². The second-order valence-electron chi connectivity index (χ2n) is 5.33. The minimum Gasteiger partial charge on any atom is -0.497 e. The summed E-state index contributed by atoms with van der Waals surface area (Å²) in [6, 6.07) is 11.1.